The Hall–Kier alpha value is -2.38. The average molecular weight is 319 g/mol. The van der Waals surface area contributed by atoms with Crippen LogP contribution in [0.3, 0.4) is 0 Å². The molecule has 1 aromatic heterocycles. The molecular weight excluding hydrogens is 306 g/mol. The Morgan fingerprint density at radius 3 is 2.59 bits per heavy atom. The number of nitrogens with one attached hydrogen (secondary N) is 1. The first-order chi connectivity index (χ1) is 10.5. The quantitative estimate of drug-likeness (QED) is 0.746. The molecular formula is C15H13NO5S. The van der Waals surface area contributed by atoms with Gasteiger partial charge in [-0.25, -0.2) is 8.42 Å². The zero-order valence-corrected chi connectivity index (χ0v) is 12.3. The van der Waals surface area contributed by atoms with Gasteiger partial charge < -0.3 is 9.52 Å². The van der Waals surface area contributed by atoms with Crippen LogP contribution in [-0.4, -0.2) is 31.9 Å². The van der Waals surface area contributed by atoms with Gasteiger partial charge in [0, 0.05) is 10.8 Å². The topological polar surface area (TPSA) is 96.6 Å². The summed E-state index contributed by atoms with van der Waals surface area (Å²) in [7, 11) is -3.61. The molecule has 7 heteroatoms. The normalized spacial score (nSPS) is 12.0. The van der Waals surface area contributed by atoms with Gasteiger partial charge >= 0.3 is 5.97 Å². The van der Waals surface area contributed by atoms with E-state index in [9.17, 15) is 13.2 Å². The Labute approximate surface area is 126 Å². The van der Waals surface area contributed by atoms with E-state index >= 15 is 0 Å². The van der Waals surface area contributed by atoms with E-state index in [0.29, 0.717) is 11.2 Å². The third-order valence-electron chi connectivity index (χ3n) is 3.28. The molecule has 0 aliphatic heterocycles. The van der Waals surface area contributed by atoms with Gasteiger partial charge in [0.25, 0.3) is 0 Å². The fourth-order valence-electron chi connectivity index (χ4n) is 2.27. The molecule has 22 heavy (non-hydrogen) atoms. The number of hydrogen-bond acceptors (Lipinski definition) is 5. The van der Waals surface area contributed by atoms with Crippen molar-refractivity contribution in [3.05, 3.63) is 42.5 Å². The first-order valence-electron chi connectivity index (χ1n) is 6.54. The third-order valence-corrected chi connectivity index (χ3v) is 4.83. The molecule has 0 bridgehead atoms. The van der Waals surface area contributed by atoms with Crippen LogP contribution in [0.4, 0.5) is 0 Å². The summed E-state index contributed by atoms with van der Waals surface area (Å²) in [4.78, 5) is 10.6. The Morgan fingerprint density at radius 1 is 1.09 bits per heavy atom. The highest BCUT2D eigenvalue weighted by Gasteiger charge is 2.17. The average Bonchev–Trinajstić information content (AvgIpc) is 2.84. The van der Waals surface area contributed by atoms with Crippen molar-refractivity contribution in [1.82, 2.24) is 5.32 Å². The summed E-state index contributed by atoms with van der Waals surface area (Å²) >= 11 is 0. The third kappa shape index (κ3) is 2.68. The fourth-order valence-corrected chi connectivity index (χ4v) is 3.38. The van der Waals surface area contributed by atoms with Crippen molar-refractivity contribution in [2.75, 3.05) is 12.4 Å². The minimum Gasteiger partial charge on any atom is -0.480 e. The first-order valence-corrected chi connectivity index (χ1v) is 8.19. The molecule has 0 fully saturated rings. The molecule has 0 saturated carbocycles. The Kier molecular flexibility index (Phi) is 3.59. The van der Waals surface area contributed by atoms with Crippen LogP contribution in [0, 0.1) is 0 Å². The molecule has 1 heterocycles. The molecule has 2 N–H and O–H groups in total. The molecule has 2 aromatic carbocycles. The van der Waals surface area contributed by atoms with Gasteiger partial charge in [-0.1, -0.05) is 18.2 Å². The molecule has 0 unspecified atom stereocenters. The molecule has 3 aromatic rings. The number of benzene rings is 2. The molecule has 0 radical (unpaired) electrons. The van der Waals surface area contributed by atoms with Gasteiger partial charge in [-0.3, -0.25) is 10.1 Å². The molecule has 0 aliphatic rings. The van der Waals surface area contributed by atoms with Crippen LogP contribution < -0.4 is 5.32 Å². The summed E-state index contributed by atoms with van der Waals surface area (Å²) in [5, 5.41) is 12.5. The second-order valence-corrected chi connectivity index (χ2v) is 6.83. The maximum atomic E-state index is 12.2. The number of para-hydroxylation sites is 1. The van der Waals surface area contributed by atoms with Crippen LogP contribution in [0.25, 0.3) is 21.9 Å². The van der Waals surface area contributed by atoms with Crippen molar-refractivity contribution in [1.29, 1.82) is 0 Å². The van der Waals surface area contributed by atoms with Crippen LogP contribution in [0.15, 0.2) is 51.8 Å². The summed E-state index contributed by atoms with van der Waals surface area (Å²) in [6, 6.07) is 12.0. The zero-order valence-electron chi connectivity index (χ0n) is 11.4. The van der Waals surface area contributed by atoms with Crippen molar-refractivity contribution >= 4 is 37.7 Å². The second kappa shape index (κ2) is 5.43. The van der Waals surface area contributed by atoms with Gasteiger partial charge in [-0.05, 0) is 24.3 Å². The van der Waals surface area contributed by atoms with Crippen LogP contribution in [0.2, 0.25) is 0 Å². The Bertz CT molecular complexity index is 958. The molecule has 114 valence electrons. The van der Waals surface area contributed by atoms with E-state index in [2.05, 4.69) is 5.32 Å². The number of furan rings is 1. The minimum atomic E-state index is -3.61. The van der Waals surface area contributed by atoms with Gasteiger partial charge in [0.2, 0.25) is 0 Å². The molecule has 6 nitrogen and oxygen atoms in total. The van der Waals surface area contributed by atoms with Crippen LogP contribution in [0.1, 0.15) is 0 Å². The number of sulfone groups is 1. The van der Waals surface area contributed by atoms with Crippen molar-refractivity contribution < 1.29 is 22.7 Å². The van der Waals surface area contributed by atoms with Gasteiger partial charge in [0.15, 0.2) is 9.84 Å². The second-order valence-electron chi connectivity index (χ2n) is 4.84. The predicted molar refractivity (Wildman–Crippen MR) is 81.4 cm³/mol. The maximum Gasteiger partial charge on any atom is 0.317 e. The molecule has 0 saturated heterocycles. The highest BCUT2D eigenvalue weighted by Crippen LogP contribution is 2.30. The summed E-state index contributed by atoms with van der Waals surface area (Å²) in [6.07, 6.45) is 0. The van der Waals surface area contributed by atoms with Crippen molar-refractivity contribution in [2.45, 2.75) is 4.90 Å². The lowest BCUT2D eigenvalue weighted by molar-refractivity contribution is -0.135. The van der Waals surface area contributed by atoms with E-state index in [1.165, 1.54) is 6.07 Å². The smallest absolute Gasteiger partial charge is 0.317 e. The van der Waals surface area contributed by atoms with E-state index < -0.39 is 28.2 Å². The van der Waals surface area contributed by atoms with E-state index in [-0.39, 0.29) is 4.90 Å². The summed E-state index contributed by atoms with van der Waals surface area (Å²) < 4.78 is 30.1. The number of carboxylic acid groups (broad SMARTS) is 1. The molecule has 0 aliphatic carbocycles. The summed E-state index contributed by atoms with van der Waals surface area (Å²) in [5.41, 5.74) is 1.30. The van der Waals surface area contributed by atoms with Gasteiger partial charge in [-0.2, -0.15) is 0 Å². The lowest BCUT2D eigenvalue weighted by Gasteiger charge is -2.05. The zero-order chi connectivity index (χ0) is 15.7. The standard InChI is InChI=1S/C15H13NO5S/c17-15(18)8-16-9-22(19,20)10-5-6-14-12(7-10)11-3-1-2-4-13(11)21-14/h1-7,16H,8-9H2,(H,17,18). The lowest BCUT2D eigenvalue weighted by Crippen LogP contribution is -2.28. The monoisotopic (exact) mass is 319 g/mol. The van der Waals surface area contributed by atoms with Crippen LogP contribution in [0.5, 0.6) is 0 Å². The lowest BCUT2D eigenvalue weighted by atomic mass is 10.1. The van der Waals surface area contributed by atoms with Crippen molar-refractivity contribution in [3.63, 3.8) is 0 Å². The molecule has 3 rings (SSSR count). The van der Waals surface area contributed by atoms with Gasteiger partial charge in [-0.15, -0.1) is 0 Å². The van der Waals surface area contributed by atoms with Gasteiger partial charge in [0.1, 0.15) is 17.0 Å². The Morgan fingerprint density at radius 2 is 1.82 bits per heavy atom. The largest absolute Gasteiger partial charge is 0.480 e. The van der Waals surface area contributed by atoms with E-state index in [1.54, 1.807) is 12.1 Å². The predicted octanol–water partition coefficient (Wildman–Crippen LogP) is 1.99. The number of aliphatic carboxylic acids is 1. The molecule has 0 atom stereocenters. The number of fused-ring (bicyclic) bond motifs is 3. The molecule has 0 spiro atoms. The number of rotatable bonds is 5. The Balaban J connectivity index is 2.00. The summed E-state index contributed by atoms with van der Waals surface area (Å²) in [6.45, 7) is -0.407. The maximum absolute atomic E-state index is 12.2. The number of hydrogen-bond donors (Lipinski definition) is 2. The van der Waals surface area contributed by atoms with Crippen molar-refractivity contribution in [3.8, 4) is 0 Å². The first kappa shape index (κ1) is 14.6. The minimum absolute atomic E-state index is 0.129. The van der Waals surface area contributed by atoms with E-state index in [0.717, 1.165) is 10.8 Å². The van der Waals surface area contributed by atoms with Crippen molar-refractivity contribution in [2.24, 2.45) is 0 Å². The number of carbonyl (C=O) groups is 1. The highest BCUT2D eigenvalue weighted by atomic mass is 32.2. The van der Waals surface area contributed by atoms with Crippen LogP contribution in [-0.2, 0) is 14.6 Å². The molecule has 0 amide bonds. The van der Waals surface area contributed by atoms with Gasteiger partial charge in [0.05, 0.1) is 11.4 Å². The SMILES string of the molecule is O=C(O)CNCS(=O)(=O)c1ccc2oc3ccccc3c2c1. The fraction of sp³-hybridized carbons (Fsp3) is 0.133. The number of carboxylic acids is 1. The van der Waals surface area contributed by atoms with E-state index in [1.807, 2.05) is 24.3 Å². The summed E-state index contributed by atoms with van der Waals surface area (Å²) in [5.74, 6) is -1.54. The van der Waals surface area contributed by atoms with E-state index in [4.69, 9.17) is 9.52 Å². The van der Waals surface area contributed by atoms with Crippen LogP contribution >= 0.6 is 0 Å². The highest BCUT2D eigenvalue weighted by molar-refractivity contribution is 7.91.